The van der Waals surface area contributed by atoms with Gasteiger partial charge in [-0.25, -0.2) is 0 Å². The summed E-state index contributed by atoms with van der Waals surface area (Å²) >= 11 is 10.9. The van der Waals surface area contributed by atoms with Gasteiger partial charge in [0, 0.05) is 11.6 Å². The van der Waals surface area contributed by atoms with Crippen LogP contribution in [0.1, 0.15) is 12.5 Å². The molecule has 94 valence electrons. The number of halogens is 1. The number of nitrogens with zero attached hydrogens (tertiary/aromatic N) is 2. The van der Waals surface area contributed by atoms with Crippen LogP contribution in [-0.2, 0) is 6.54 Å². The van der Waals surface area contributed by atoms with E-state index in [1.165, 1.54) is 0 Å². The van der Waals surface area contributed by atoms with Crippen LogP contribution in [0.25, 0.3) is 0 Å². The monoisotopic (exact) mass is 281 g/mol. The van der Waals surface area contributed by atoms with E-state index in [1.54, 1.807) is 35.3 Å². The van der Waals surface area contributed by atoms with Crippen molar-refractivity contribution >= 4 is 28.8 Å². The van der Waals surface area contributed by atoms with E-state index in [2.05, 4.69) is 5.10 Å². The minimum absolute atomic E-state index is 0.246. The molecule has 1 heterocycles. The second-order valence-corrected chi connectivity index (χ2v) is 4.51. The summed E-state index contributed by atoms with van der Waals surface area (Å²) in [5.41, 5.74) is 6.25. The molecule has 0 radical (unpaired) electrons. The fourth-order valence-corrected chi connectivity index (χ4v) is 1.81. The van der Waals surface area contributed by atoms with Crippen LogP contribution < -0.4 is 10.5 Å². The molecule has 2 rings (SSSR count). The Kier molecular flexibility index (Phi) is 3.84. The highest BCUT2D eigenvalue weighted by Gasteiger charge is 2.09. The van der Waals surface area contributed by atoms with Crippen LogP contribution in [0.5, 0.6) is 11.5 Å². The van der Waals surface area contributed by atoms with E-state index in [9.17, 15) is 0 Å². The number of hydrogen-bond acceptors (Lipinski definition) is 3. The van der Waals surface area contributed by atoms with Crippen molar-refractivity contribution in [3.63, 3.8) is 0 Å². The average Bonchev–Trinajstić information content (AvgIpc) is 2.79. The van der Waals surface area contributed by atoms with E-state index in [4.69, 9.17) is 34.3 Å². The smallest absolute Gasteiger partial charge is 0.165 e. The molecular formula is C12H12ClN3OS. The van der Waals surface area contributed by atoms with E-state index in [-0.39, 0.29) is 4.99 Å². The summed E-state index contributed by atoms with van der Waals surface area (Å²) in [6.45, 7) is 2.78. The molecular weight excluding hydrogens is 270 g/mol. The zero-order chi connectivity index (χ0) is 13.1. The number of nitrogens with two attached hydrogens (primary N) is 1. The molecule has 18 heavy (non-hydrogen) atoms. The van der Waals surface area contributed by atoms with E-state index in [0.717, 1.165) is 6.54 Å². The number of hydrogen-bond donors (Lipinski definition) is 1. The van der Waals surface area contributed by atoms with Crippen LogP contribution in [0.2, 0.25) is 5.02 Å². The van der Waals surface area contributed by atoms with Crippen LogP contribution >= 0.6 is 23.8 Å². The number of aromatic nitrogens is 2. The Morgan fingerprint density at radius 3 is 2.94 bits per heavy atom. The van der Waals surface area contributed by atoms with Crippen molar-refractivity contribution in [3.05, 3.63) is 41.2 Å². The minimum atomic E-state index is 0.246. The zero-order valence-corrected chi connectivity index (χ0v) is 11.3. The maximum Gasteiger partial charge on any atom is 0.165 e. The molecule has 0 atom stereocenters. The molecule has 0 aliphatic heterocycles. The van der Waals surface area contributed by atoms with Gasteiger partial charge in [0.05, 0.1) is 18.0 Å². The molecule has 0 saturated heterocycles. The molecule has 2 N–H and O–H groups in total. The van der Waals surface area contributed by atoms with Gasteiger partial charge in [-0.3, -0.25) is 4.68 Å². The summed E-state index contributed by atoms with van der Waals surface area (Å²) in [5, 5.41) is 4.69. The number of aryl methyl sites for hydroxylation is 1. The summed E-state index contributed by atoms with van der Waals surface area (Å²) in [6.07, 6.45) is 3.44. The van der Waals surface area contributed by atoms with Crippen LogP contribution in [0.4, 0.5) is 0 Å². The first kappa shape index (κ1) is 12.9. The fraction of sp³-hybridized carbons (Fsp3) is 0.167. The molecule has 0 saturated carbocycles. The van der Waals surface area contributed by atoms with Crippen molar-refractivity contribution in [1.29, 1.82) is 0 Å². The Morgan fingerprint density at radius 1 is 1.56 bits per heavy atom. The van der Waals surface area contributed by atoms with E-state index in [0.29, 0.717) is 22.1 Å². The Hall–Kier alpha value is -1.59. The zero-order valence-electron chi connectivity index (χ0n) is 9.76. The van der Waals surface area contributed by atoms with Crippen molar-refractivity contribution in [2.45, 2.75) is 13.5 Å². The lowest BCUT2D eigenvalue weighted by atomic mass is 10.2. The SMILES string of the molecule is CCn1cc(Oc2ccc(Cl)cc2C(N)=S)cn1. The summed E-state index contributed by atoms with van der Waals surface area (Å²) in [7, 11) is 0. The van der Waals surface area contributed by atoms with Gasteiger partial charge < -0.3 is 10.5 Å². The largest absolute Gasteiger partial charge is 0.453 e. The summed E-state index contributed by atoms with van der Waals surface area (Å²) < 4.78 is 7.47. The quantitative estimate of drug-likeness (QED) is 0.876. The van der Waals surface area contributed by atoms with Crippen molar-refractivity contribution in [2.24, 2.45) is 5.73 Å². The predicted molar refractivity (Wildman–Crippen MR) is 75.3 cm³/mol. The summed E-state index contributed by atoms with van der Waals surface area (Å²) in [4.78, 5) is 0.246. The Labute approximate surface area is 115 Å². The first-order valence-corrected chi connectivity index (χ1v) is 6.18. The number of ether oxygens (including phenoxy) is 1. The van der Waals surface area contributed by atoms with Gasteiger partial charge in [-0.1, -0.05) is 23.8 Å². The van der Waals surface area contributed by atoms with Crippen LogP contribution in [-0.4, -0.2) is 14.8 Å². The number of benzene rings is 1. The Balaban J connectivity index is 2.30. The van der Waals surface area contributed by atoms with Gasteiger partial charge in [0.25, 0.3) is 0 Å². The second-order valence-electron chi connectivity index (χ2n) is 3.64. The molecule has 0 aliphatic rings. The van der Waals surface area contributed by atoms with Gasteiger partial charge in [0.15, 0.2) is 5.75 Å². The number of thiocarbonyl (C=S) groups is 1. The average molecular weight is 282 g/mol. The Bertz CT molecular complexity index is 582. The van der Waals surface area contributed by atoms with Gasteiger partial charge in [0.1, 0.15) is 10.7 Å². The minimum Gasteiger partial charge on any atom is -0.453 e. The third-order valence-electron chi connectivity index (χ3n) is 2.37. The third kappa shape index (κ3) is 2.80. The Morgan fingerprint density at radius 2 is 2.33 bits per heavy atom. The highest BCUT2D eigenvalue weighted by atomic mass is 35.5. The highest BCUT2D eigenvalue weighted by Crippen LogP contribution is 2.27. The second kappa shape index (κ2) is 5.37. The van der Waals surface area contributed by atoms with Crippen LogP contribution in [0, 0.1) is 0 Å². The fourth-order valence-electron chi connectivity index (χ4n) is 1.48. The predicted octanol–water partition coefficient (Wildman–Crippen LogP) is 2.98. The molecule has 4 nitrogen and oxygen atoms in total. The molecule has 1 aromatic carbocycles. The highest BCUT2D eigenvalue weighted by molar-refractivity contribution is 7.80. The molecule has 2 aromatic rings. The van der Waals surface area contributed by atoms with Crippen molar-refractivity contribution in [3.8, 4) is 11.5 Å². The van der Waals surface area contributed by atoms with Crippen molar-refractivity contribution < 1.29 is 4.74 Å². The summed E-state index contributed by atoms with van der Waals surface area (Å²) in [6, 6.07) is 5.15. The maximum absolute atomic E-state index is 5.90. The topological polar surface area (TPSA) is 53.1 Å². The van der Waals surface area contributed by atoms with Gasteiger partial charge in [0.2, 0.25) is 0 Å². The molecule has 0 amide bonds. The van der Waals surface area contributed by atoms with Crippen molar-refractivity contribution in [1.82, 2.24) is 9.78 Å². The maximum atomic E-state index is 5.90. The third-order valence-corrected chi connectivity index (χ3v) is 2.82. The normalized spacial score (nSPS) is 10.3. The lowest BCUT2D eigenvalue weighted by Gasteiger charge is -2.08. The van der Waals surface area contributed by atoms with Gasteiger partial charge in [-0.15, -0.1) is 0 Å². The van der Waals surface area contributed by atoms with Gasteiger partial charge >= 0.3 is 0 Å². The van der Waals surface area contributed by atoms with E-state index < -0.39 is 0 Å². The summed E-state index contributed by atoms with van der Waals surface area (Å²) in [5.74, 6) is 1.21. The van der Waals surface area contributed by atoms with E-state index >= 15 is 0 Å². The molecule has 1 aromatic heterocycles. The molecule has 0 spiro atoms. The van der Waals surface area contributed by atoms with Crippen molar-refractivity contribution in [2.75, 3.05) is 0 Å². The van der Waals surface area contributed by atoms with E-state index in [1.807, 2.05) is 6.92 Å². The molecule has 0 fully saturated rings. The van der Waals surface area contributed by atoms with Crippen LogP contribution in [0.3, 0.4) is 0 Å². The van der Waals surface area contributed by atoms with Gasteiger partial charge in [-0.2, -0.15) is 5.10 Å². The first-order valence-electron chi connectivity index (χ1n) is 5.40. The molecule has 6 heteroatoms. The lowest BCUT2D eigenvalue weighted by molar-refractivity contribution is 0.480. The van der Waals surface area contributed by atoms with Gasteiger partial charge in [-0.05, 0) is 25.1 Å². The first-order chi connectivity index (χ1) is 8.60. The van der Waals surface area contributed by atoms with Crippen LogP contribution in [0.15, 0.2) is 30.6 Å². The lowest BCUT2D eigenvalue weighted by Crippen LogP contribution is -2.10. The standard InChI is InChI=1S/C12H12ClN3OS/c1-2-16-7-9(6-15-16)17-11-4-3-8(13)5-10(11)12(14)18/h3-7H,2H2,1H3,(H2,14,18). The molecule has 0 aliphatic carbocycles. The number of rotatable bonds is 4. The molecule has 0 bridgehead atoms. The molecule has 0 unspecified atom stereocenters.